The van der Waals surface area contributed by atoms with Gasteiger partial charge in [-0.05, 0) is 55.2 Å². The van der Waals surface area contributed by atoms with Gasteiger partial charge in [-0.3, -0.25) is 9.10 Å². The van der Waals surface area contributed by atoms with Gasteiger partial charge in [-0.25, -0.2) is 8.42 Å². The summed E-state index contributed by atoms with van der Waals surface area (Å²) in [7, 11) is -3.89. The minimum Gasteiger partial charge on any atom is -0.476 e. The molecule has 1 atom stereocenters. The van der Waals surface area contributed by atoms with Gasteiger partial charge in [0.15, 0.2) is 6.10 Å². The summed E-state index contributed by atoms with van der Waals surface area (Å²) >= 11 is 0. The highest BCUT2D eigenvalue weighted by atomic mass is 32.2. The molecule has 1 amide bonds. The standard InChI is InChI=1S/C28H30N2O5S/c1-21-12-13-24-25(18-21)35-26(19-30(24)36(32,33)23-10-6-3-7-11-23)27(31)29-20-28(14-16-34-17-15-28)22-8-4-2-5-9-22/h2-13,18,26H,14-17,19-20H2,1H3,(H,29,31)/t26-/m1/s1. The molecule has 5 rings (SSSR count). The number of carbonyl (C=O) groups excluding carboxylic acids is 1. The molecule has 0 aliphatic carbocycles. The van der Waals surface area contributed by atoms with E-state index in [1.54, 1.807) is 42.5 Å². The number of hydrogen-bond donors (Lipinski definition) is 1. The molecule has 2 aliphatic heterocycles. The largest absolute Gasteiger partial charge is 0.476 e. The van der Waals surface area contributed by atoms with Crippen LogP contribution >= 0.6 is 0 Å². The summed E-state index contributed by atoms with van der Waals surface area (Å²) in [6.45, 7) is 3.46. The zero-order valence-corrected chi connectivity index (χ0v) is 21.0. The summed E-state index contributed by atoms with van der Waals surface area (Å²) in [5, 5.41) is 3.08. The Morgan fingerprint density at radius 3 is 2.36 bits per heavy atom. The number of amides is 1. The first-order valence-electron chi connectivity index (χ1n) is 12.2. The molecule has 0 spiro atoms. The van der Waals surface area contributed by atoms with E-state index in [0.717, 1.165) is 24.0 Å². The van der Waals surface area contributed by atoms with E-state index in [-0.39, 0.29) is 22.8 Å². The van der Waals surface area contributed by atoms with E-state index in [9.17, 15) is 13.2 Å². The van der Waals surface area contributed by atoms with Gasteiger partial charge in [0.25, 0.3) is 15.9 Å². The fourth-order valence-electron chi connectivity index (χ4n) is 4.94. The summed E-state index contributed by atoms with van der Waals surface area (Å²) in [5.74, 6) is 0.0435. The lowest BCUT2D eigenvalue weighted by atomic mass is 9.74. The molecule has 0 radical (unpaired) electrons. The van der Waals surface area contributed by atoms with Crippen molar-refractivity contribution >= 4 is 21.6 Å². The third-order valence-electron chi connectivity index (χ3n) is 7.05. The zero-order valence-electron chi connectivity index (χ0n) is 20.2. The van der Waals surface area contributed by atoms with Crippen molar-refractivity contribution in [3.63, 3.8) is 0 Å². The smallest absolute Gasteiger partial charge is 0.264 e. The highest BCUT2D eigenvalue weighted by molar-refractivity contribution is 7.92. The second kappa shape index (κ2) is 9.95. The van der Waals surface area contributed by atoms with Gasteiger partial charge in [0, 0.05) is 25.2 Å². The Hall–Kier alpha value is -3.36. The quantitative estimate of drug-likeness (QED) is 0.550. The highest BCUT2D eigenvalue weighted by Gasteiger charge is 2.39. The summed E-state index contributed by atoms with van der Waals surface area (Å²) < 4.78 is 40.1. The van der Waals surface area contributed by atoms with Gasteiger partial charge in [-0.2, -0.15) is 0 Å². The van der Waals surface area contributed by atoms with Crippen molar-refractivity contribution < 1.29 is 22.7 Å². The number of carbonyl (C=O) groups is 1. The zero-order chi connectivity index (χ0) is 25.2. The highest BCUT2D eigenvalue weighted by Crippen LogP contribution is 2.38. The number of ether oxygens (including phenoxy) is 2. The minimum absolute atomic E-state index is 0.111. The van der Waals surface area contributed by atoms with Crippen LogP contribution in [0.1, 0.15) is 24.0 Å². The number of hydrogen-bond acceptors (Lipinski definition) is 5. The van der Waals surface area contributed by atoms with Crippen LogP contribution in [0.3, 0.4) is 0 Å². The fraction of sp³-hybridized carbons (Fsp3) is 0.321. The Kier molecular flexibility index (Phi) is 6.73. The van der Waals surface area contributed by atoms with Crippen molar-refractivity contribution in [3.8, 4) is 5.75 Å². The second-order valence-corrected chi connectivity index (χ2v) is 11.3. The lowest BCUT2D eigenvalue weighted by Gasteiger charge is -2.39. The maximum absolute atomic E-state index is 13.6. The Morgan fingerprint density at radius 1 is 1.00 bits per heavy atom. The molecule has 0 aromatic heterocycles. The van der Waals surface area contributed by atoms with Gasteiger partial charge in [-0.1, -0.05) is 54.6 Å². The molecule has 3 aromatic carbocycles. The predicted octanol–water partition coefficient (Wildman–Crippen LogP) is 3.82. The first-order chi connectivity index (χ1) is 17.4. The first kappa shape index (κ1) is 24.3. The number of aryl methyl sites for hydroxylation is 1. The van der Waals surface area contributed by atoms with E-state index in [1.807, 2.05) is 31.2 Å². The molecule has 0 unspecified atom stereocenters. The summed E-state index contributed by atoms with van der Waals surface area (Å²) in [6.07, 6.45) is 0.601. The molecule has 7 nitrogen and oxygen atoms in total. The van der Waals surface area contributed by atoms with Crippen LogP contribution in [-0.4, -0.2) is 46.7 Å². The molecule has 1 fully saturated rings. The average Bonchev–Trinajstić information content (AvgIpc) is 2.92. The van der Waals surface area contributed by atoms with E-state index in [0.29, 0.717) is 31.2 Å². The van der Waals surface area contributed by atoms with E-state index in [2.05, 4.69) is 17.4 Å². The van der Waals surface area contributed by atoms with Gasteiger partial charge in [-0.15, -0.1) is 0 Å². The molecular weight excluding hydrogens is 476 g/mol. The topological polar surface area (TPSA) is 84.9 Å². The van der Waals surface area contributed by atoms with Gasteiger partial charge >= 0.3 is 0 Å². The maximum atomic E-state index is 13.6. The van der Waals surface area contributed by atoms with Crippen molar-refractivity contribution in [1.82, 2.24) is 5.32 Å². The lowest BCUT2D eigenvalue weighted by Crippen LogP contribution is -2.53. The maximum Gasteiger partial charge on any atom is 0.264 e. The molecule has 0 saturated carbocycles. The van der Waals surface area contributed by atoms with E-state index >= 15 is 0 Å². The van der Waals surface area contributed by atoms with Crippen LogP contribution in [-0.2, 0) is 25.0 Å². The Bertz CT molecular complexity index is 1320. The Balaban J connectivity index is 1.41. The van der Waals surface area contributed by atoms with Crippen LogP contribution in [0.15, 0.2) is 83.8 Å². The predicted molar refractivity (Wildman–Crippen MR) is 138 cm³/mol. The summed E-state index contributed by atoms with van der Waals surface area (Å²) in [4.78, 5) is 13.6. The number of sulfonamides is 1. The van der Waals surface area contributed by atoms with Crippen LogP contribution in [0, 0.1) is 6.92 Å². The van der Waals surface area contributed by atoms with Crippen LogP contribution < -0.4 is 14.4 Å². The molecular formula is C28H30N2O5S. The SMILES string of the molecule is Cc1ccc2c(c1)O[C@@H](C(=O)NCC1(c3ccccc3)CCOCC1)CN2S(=O)(=O)c1ccccc1. The van der Waals surface area contributed by atoms with Crippen molar-refractivity contribution in [3.05, 3.63) is 90.0 Å². The molecule has 188 valence electrons. The number of anilines is 1. The molecule has 36 heavy (non-hydrogen) atoms. The first-order valence-corrected chi connectivity index (χ1v) is 13.6. The molecule has 0 bridgehead atoms. The van der Waals surface area contributed by atoms with Crippen molar-refractivity contribution in [2.24, 2.45) is 0 Å². The summed E-state index contributed by atoms with van der Waals surface area (Å²) in [6, 6.07) is 23.7. The lowest BCUT2D eigenvalue weighted by molar-refractivity contribution is -0.128. The van der Waals surface area contributed by atoms with Gasteiger partial charge in [0.05, 0.1) is 17.1 Å². The summed E-state index contributed by atoms with van der Waals surface area (Å²) in [5.41, 5.74) is 2.26. The Morgan fingerprint density at radius 2 is 1.67 bits per heavy atom. The van der Waals surface area contributed by atoms with Crippen molar-refractivity contribution in [2.45, 2.75) is 36.2 Å². The van der Waals surface area contributed by atoms with Crippen LogP contribution in [0.25, 0.3) is 0 Å². The second-order valence-electron chi connectivity index (χ2n) is 9.40. The number of benzene rings is 3. The number of fused-ring (bicyclic) bond motifs is 1. The van der Waals surface area contributed by atoms with Crippen molar-refractivity contribution in [1.29, 1.82) is 0 Å². The average molecular weight is 507 g/mol. The van der Waals surface area contributed by atoms with Crippen LogP contribution in [0.4, 0.5) is 5.69 Å². The molecule has 8 heteroatoms. The van der Waals surface area contributed by atoms with E-state index in [4.69, 9.17) is 9.47 Å². The molecule has 1 N–H and O–H groups in total. The van der Waals surface area contributed by atoms with E-state index < -0.39 is 16.1 Å². The molecule has 3 aromatic rings. The van der Waals surface area contributed by atoms with Crippen molar-refractivity contribution in [2.75, 3.05) is 30.6 Å². The Labute approximate surface area is 212 Å². The van der Waals surface area contributed by atoms with E-state index in [1.165, 1.54) is 4.31 Å². The molecule has 2 aliphatic rings. The number of nitrogens with zero attached hydrogens (tertiary/aromatic N) is 1. The minimum atomic E-state index is -3.89. The van der Waals surface area contributed by atoms with Gasteiger partial charge in [0.1, 0.15) is 5.75 Å². The third-order valence-corrected chi connectivity index (χ3v) is 8.84. The van der Waals surface area contributed by atoms with Gasteiger partial charge < -0.3 is 14.8 Å². The number of nitrogens with one attached hydrogen (secondary N) is 1. The number of rotatable bonds is 6. The fourth-order valence-corrected chi connectivity index (χ4v) is 6.43. The third kappa shape index (κ3) is 4.70. The normalized spacial score (nSPS) is 19.1. The molecule has 1 saturated heterocycles. The van der Waals surface area contributed by atoms with Crippen LogP contribution in [0.5, 0.6) is 5.75 Å². The van der Waals surface area contributed by atoms with Crippen LogP contribution in [0.2, 0.25) is 0 Å². The molecule has 2 heterocycles. The monoisotopic (exact) mass is 506 g/mol. The van der Waals surface area contributed by atoms with Gasteiger partial charge in [0.2, 0.25) is 0 Å².